The third-order valence-electron chi connectivity index (χ3n) is 4.46. The van der Waals surface area contributed by atoms with Crippen molar-refractivity contribution >= 4 is 22.5 Å². The van der Waals surface area contributed by atoms with Gasteiger partial charge in [-0.1, -0.05) is 11.6 Å². The molecule has 0 amide bonds. The highest BCUT2D eigenvalue weighted by Crippen LogP contribution is 2.20. The van der Waals surface area contributed by atoms with Gasteiger partial charge in [0.15, 0.2) is 0 Å². The van der Waals surface area contributed by atoms with Crippen LogP contribution in [0.2, 0.25) is 5.02 Å². The number of hydrogen-bond donors (Lipinski definition) is 0. The minimum atomic E-state index is 0.00579. The van der Waals surface area contributed by atoms with E-state index < -0.39 is 0 Å². The molecule has 1 fully saturated rings. The van der Waals surface area contributed by atoms with E-state index in [1.54, 1.807) is 17.0 Å². The molecule has 0 bridgehead atoms. The molecule has 0 saturated carbocycles. The monoisotopic (exact) mass is 305 g/mol. The lowest BCUT2D eigenvalue weighted by Gasteiger charge is -2.19. The lowest BCUT2D eigenvalue weighted by atomic mass is 10.1. The number of likely N-dealkylation sites (tertiary alicyclic amines) is 1. The van der Waals surface area contributed by atoms with Gasteiger partial charge in [-0.3, -0.25) is 9.36 Å². The summed E-state index contributed by atoms with van der Waals surface area (Å²) in [5, 5.41) is 1.20. The lowest BCUT2D eigenvalue weighted by Crippen LogP contribution is -2.28. The summed E-state index contributed by atoms with van der Waals surface area (Å²) >= 11 is 6.07. The van der Waals surface area contributed by atoms with Crippen molar-refractivity contribution < 1.29 is 0 Å². The van der Waals surface area contributed by atoms with E-state index in [4.69, 9.17) is 11.6 Å². The molecule has 1 aliphatic heterocycles. The average Bonchev–Trinajstić information content (AvgIpc) is 2.84. The molecule has 0 unspecified atom stereocenters. The van der Waals surface area contributed by atoms with E-state index in [9.17, 15) is 4.79 Å². The van der Waals surface area contributed by atoms with Gasteiger partial charge in [0.25, 0.3) is 5.56 Å². The average molecular weight is 306 g/mol. The van der Waals surface area contributed by atoms with Crippen LogP contribution in [0.3, 0.4) is 0 Å². The second-order valence-corrected chi connectivity index (χ2v) is 6.36. The summed E-state index contributed by atoms with van der Waals surface area (Å²) in [6, 6.07) is 4.14. The van der Waals surface area contributed by atoms with Crippen LogP contribution < -0.4 is 5.56 Å². The first-order chi connectivity index (χ1) is 10.1. The van der Waals surface area contributed by atoms with Gasteiger partial charge in [-0.25, -0.2) is 4.98 Å². The smallest absolute Gasteiger partial charge is 0.261 e. The highest BCUT2D eigenvalue weighted by molar-refractivity contribution is 6.31. The van der Waals surface area contributed by atoms with Crippen molar-refractivity contribution in [2.24, 2.45) is 0 Å². The molecule has 1 aliphatic rings. The first-order valence-electron chi connectivity index (χ1n) is 7.42. The largest absolute Gasteiger partial charge is 0.303 e. The Kier molecular flexibility index (Phi) is 4.00. The Morgan fingerprint density at radius 1 is 1.43 bits per heavy atom. The molecule has 21 heavy (non-hydrogen) atoms. The van der Waals surface area contributed by atoms with Crippen LogP contribution in [-0.2, 0) is 6.54 Å². The summed E-state index contributed by atoms with van der Waals surface area (Å²) in [5.74, 6) is 0. The Labute approximate surface area is 129 Å². The maximum absolute atomic E-state index is 12.6. The van der Waals surface area contributed by atoms with Crippen LogP contribution in [0, 0.1) is 6.92 Å². The SMILES string of the molecule is Cc1cc(Cl)cc2c(=O)n(CC[C@@H]3CCCN3C)cnc12. The number of hydrogen-bond acceptors (Lipinski definition) is 3. The maximum atomic E-state index is 12.6. The van der Waals surface area contributed by atoms with Gasteiger partial charge in [0.1, 0.15) is 0 Å². The van der Waals surface area contributed by atoms with E-state index in [2.05, 4.69) is 16.9 Å². The summed E-state index contributed by atoms with van der Waals surface area (Å²) in [6.07, 6.45) is 5.13. The van der Waals surface area contributed by atoms with Crippen LogP contribution in [-0.4, -0.2) is 34.1 Å². The van der Waals surface area contributed by atoms with E-state index in [1.807, 2.05) is 13.0 Å². The fourth-order valence-corrected chi connectivity index (χ4v) is 3.47. The number of rotatable bonds is 3. The van der Waals surface area contributed by atoms with Gasteiger partial charge in [0.2, 0.25) is 0 Å². The zero-order chi connectivity index (χ0) is 15.0. The fraction of sp³-hybridized carbons (Fsp3) is 0.500. The van der Waals surface area contributed by atoms with Crippen LogP contribution in [0.4, 0.5) is 0 Å². The highest BCUT2D eigenvalue weighted by atomic mass is 35.5. The molecule has 112 valence electrons. The van der Waals surface area contributed by atoms with E-state index in [0.717, 1.165) is 24.0 Å². The number of nitrogens with zero attached hydrogens (tertiary/aromatic N) is 3. The van der Waals surface area contributed by atoms with Crippen molar-refractivity contribution in [3.05, 3.63) is 39.4 Å². The predicted molar refractivity (Wildman–Crippen MR) is 86.0 cm³/mol. The summed E-state index contributed by atoms with van der Waals surface area (Å²) in [4.78, 5) is 19.4. The molecular formula is C16H20ClN3O. The van der Waals surface area contributed by atoms with E-state index >= 15 is 0 Å². The van der Waals surface area contributed by atoms with Gasteiger partial charge in [0, 0.05) is 17.6 Å². The van der Waals surface area contributed by atoms with E-state index in [-0.39, 0.29) is 5.56 Å². The summed E-state index contributed by atoms with van der Waals surface area (Å²) in [5.41, 5.74) is 1.70. The molecule has 2 heterocycles. The number of aromatic nitrogens is 2. The van der Waals surface area contributed by atoms with Crippen LogP contribution in [0.5, 0.6) is 0 Å². The quantitative estimate of drug-likeness (QED) is 0.875. The second kappa shape index (κ2) is 5.78. The standard InChI is InChI=1S/C16H20ClN3O/c1-11-8-12(17)9-14-15(11)18-10-20(16(14)21)7-5-13-4-3-6-19(13)2/h8-10,13H,3-7H2,1-2H3/t13-/m0/s1. The first-order valence-corrected chi connectivity index (χ1v) is 7.79. The topological polar surface area (TPSA) is 38.1 Å². The first kappa shape index (κ1) is 14.5. The third-order valence-corrected chi connectivity index (χ3v) is 4.68. The highest BCUT2D eigenvalue weighted by Gasteiger charge is 2.20. The Hall–Kier alpha value is -1.39. The van der Waals surface area contributed by atoms with Gasteiger partial charge in [-0.15, -0.1) is 0 Å². The van der Waals surface area contributed by atoms with Crippen molar-refractivity contribution in [1.29, 1.82) is 0 Å². The molecule has 0 spiro atoms. The summed E-state index contributed by atoms with van der Waals surface area (Å²) in [6.45, 7) is 3.80. The normalized spacial score (nSPS) is 19.5. The molecule has 2 aromatic rings. The second-order valence-electron chi connectivity index (χ2n) is 5.93. The molecule has 1 aromatic carbocycles. The maximum Gasteiger partial charge on any atom is 0.261 e. The number of aryl methyl sites for hydroxylation is 2. The predicted octanol–water partition coefficient (Wildman–Crippen LogP) is 2.84. The number of halogens is 1. The van der Waals surface area contributed by atoms with E-state index in [0.29, 0.717) is 23.0 Å². The van der Waals surface area contributed by atoms with Crippen LogP contribution in [0.15, 0.2) is 23.3 Å². The Balaban J connectivity index is 1.89. The van der Waals surface area contributed by atoms with Crippen LogP contribution in [0.1, 0.15) is 24.8 Å². The zero-order valence-corrected chi connectivity index (χ0v) is 13.2. The molecule has 1 atom stereocenters. The minimum Gasteiger partial charge on any atom is -0.303 e. The van der Waals surface area contributed by atoms with Gasteiger partial charge in [0.05, 0.1) is 17.2 Å². The van der Waals surface area contributed by atoms with Gasteiger partial charge in [-0.2, -0.15) is 0 Å². The molecule has 1 saturated heterocycles. The molecule has 3 rings (SSSR count). The minimum absolute atomic E-state index is 0.00579. The molecular weight excluding hydrogens is 286 g/mol. The Morgan fingerprint density at radius 3 is 2.95 bits per heavy atom. The molecule has 0 radical (unpaired) electrons. The zero-order valence-electron chi connectivity index (χ0n) is 12.5. The molecule has 5 heteroatoms. The number of fused-ring (bicyclic) bond motifs is 1. The molecule has 0 N–H and O–H groups in total. The Morgan fingerprint density at radius 2 is 2.24 bits per heavy atom. The van der Waals surface area contributed by atoms with Crippen LogP contribution in [0.25, 0.3) is 10.9 Å². The third kappa shape index (κ3) is 2.83. The van der Waals surface area contributed by atoms with Crippen LogP contribution >= 0.6 is 11.6 Å². The van der Waals surface area contributed by atoms with Crippen molar-refractivity contribution in [1.82, 2.24) is 14.5 Å². The van der Waals surface area contributed by atoms with Crippen molar-refractivity contribution in [2.75, 3.05) is 13.6 Å². The molecule has 0 aliphatic carbocycles. The van der Waals surface area contributed by atoms with Gasteiger partial charge < -0.3 is 4.90 Å². The molecule has 1 aromatic heterocycles. The van der Waals surface area contributed by atoms with Gasteiger partial charge >= 0.3 is 0 Å². The number of benzene rings is 1. The van der Waals surface area contributed by atoms with Crippen molar-refractivity contribution in [3.8, 4) is 0 Å². The lowest BCUT2D eigenvalue weighted by molar-refractivity contribution is 0.285. The van der Waals surface area contributed by atoms with Crippen molar-refractivity contribution in [3.63, 3.8) is 0 Å². The Bertz CT molecular complexity index is 725. The van der Waals surface area contributed by atoms with Gasteiger partial charge in [-0.05, 0) is 57.5 Å². The van der Waals surface area contributed by atoms with Crippen molar-refractivity contribution in [2.45, 2.75) is 38.8 Å². The molecule has 4 nitrogen and oxygen atoms in total. The van der Waals surface area contributed by atoms with E-state index in [1.165, 1.54) is 12.8 Å². The fourth-order valence-electron chi connectivity index (χ4n) is 3.20. The summed E-state index contributed by atoms with van der Waals surface area (Å²) in [7, 11) is 2.15. The summed E-state index contributed by atoms with van der Waals surface area (Å²) < 4.78 is 1.71.